The largest absolute Gasteiger partial charge is 0.461 e. The molecule has 5 atom stereocenters. The summed E-state index contributed by atoms with van der Waals surface area (Å²) in [4.78, 5) is 11.4. The van der Waals surface area contributed by atoms with Crippen molar-refractivity contribution in [1.82, 2.24) is 0 Å². The molecule has 2 rings (SSSR count). The molecule has 2 N–H and O–H groups in total. The molecule has 0 aromatic carbocycles. The van der Waals surface area contributed by atoms with Crippen LogP contribution in [0.25, 0.3) is 0 Å². The molecule has 0 bridgehead atoms. The zero-order chi connectivity index (χ0) is 21.2. The minimum absolute atomic E-state index is 0.0534. The van der Waals surface area contributed by atoms with E-state index in [-0.39, 0.29) is 35.9 Å². The minimum Gasteiger partial charge on any atom is -0.461 e. The highest BCUT2D eigenvalue weighted by molar-refractivity contribution is 6.21. The fourth-order valence-corrected chi connectivity index (χ4v) is 4.82. The van der Waals surface area contributed by atoms with Crippen molar-refractivity contribution in [2.24, 2.45) is 17.8 Å². The highest BCUT2D eigenvalue weighted by Crippen LogP contribution is 2.39. The summed E-state index contributed by atoms with van der Waals surface area (Å²) >= 11 is 6.48. The summed E-state index contributed by atoms with van der Waals surface area (Å²) in [6.07, 6.45) is 13.7. The second-order valence-electron chi connectivity index (χ2n) is 8.59. The number of hydrogen-bond acceptors (Lipinski definition) is 5. The molecular weight excluding hydrogens is 392 g/mol. The standard InChI is InChI=1S/C23H37ClO5/c1-16(2)29-23(27)15-28-13-7-6-10-18-19(22(26)14-20(18)24)11-12-21(25)17-8-4-3-5-9-17/h6-7,11-12,16-22,25-26H,3-5,8-10,13-15H2,1-2H3/b7-6-,12-11+/t18-,19-,20-,21-,22-/m1/s1. The lowest BCUT2D eigenvalue weighted by Gasteiger charge is -2.25. The second-order valence-corrected chi connectivity index (χ2v) is 9.16. The van der Waals surface area contributed by atoms with Crippen LogP contribution in [0.2, 0.25) is 0 Å². The predicted molar refractivity (Wildman–Crippen MR) is 115 cm³/mol. The highest BCUT2D eigenvalue weighted by Gasteiger charge is 2.39. The van der Waals surface area contributed by atoms with E-state index in [0.29, 0.717) is 18.9 Å². The molecule has 2 saturated carbocycles. The van der Waals surface area contributed by atoms with Crippen molar-refractivity contribution >= 4 is 17.6 Å². The smallest absolute Gasteiger partial charge is 0.332 e. The van der Waals surface area contributed by atoms with E-state index < -0.39 is 12.2 Å². The molecule has 0 heterocycles. The van der Waals surface area contributed by atoms with E-state index in [9.17, 15) is 15.0 Å². The summed E-state index contributed by atoms with van der Waals surface area (Å²) in [5.74, 6) is 0.0315. The number of carbonyl (C=O) groups is 1. The molecule has 2 aliphatic rings. The minimum atomic E-state index is -0.479. The van der Waals surface area contributed by atoms with Crippen molar-refractivity contribution in [3.8, 4) is 0 Å². The van der Waals surface area contributed by atoms with Crippen LogP contribution in [0.5, 0.6) is 0 Å². The maximum atomic E-state index is 11.4. The molecular formula is C23H37ClO5. The van der Waals surface area contributed by atoms with Crippen LogP contribution in [0.3, 0.4) is 0 Å². The molecule has 0 aromatic rings. The summed E-state index contributed by atoms with van der Waals surface area (Å²) in [6, 6.07) is 0. The summed E-state index contributed by atoms with van der Waals surface area (Å²) in [6.45, 7) is 3.87. The van der Waals surface area contributed by atoms with Gasteiger partial charge in [-0.2, -0.15) is 0 Å². The van der Waals surface area contributed by atoms with Gasteiger partial charge in [-0.25, -0.2) is 4.79 Å². The molecule has 0 amide bonds. The number of halogens is 1. The molecule has 2 aliphatic carbocycles. The number of rotatable bonds is 10. The first-order valence-electron chi connectivity index (χ1n) is 11.0. The number of aliphatic hydroxyl groups is 2. The third-order valence-corrected chi connectivity index (χ3v) is 6.41. The van der Waals surface area contributed by atoms with Crippen molar-refractivity contribution in [3.05, 3.63) is 24.3 Å². The topological polar surface area (TPSA) is 76.0 Å². The first-order chi connectivity index (χ1) is 13.9. The second kappa shape index (κ2) is 12.7. The van der Waals surface area contributed by atoms with E-state index in [0.717, 1.165) is 19.3 Å². The van der Waals surface area contributed by atoms with Crippen LogP contribution in [0.15, 0.2) is 24.3 Å². The molecule has 2 fully saturated rings. The van der Waals surface area contributed by atoms with Crippen LogP contribution < -0.4 is 0 Å². The van der Waals surface area contributed by atoms with Crippen molar-refractivity contribution in [2.45, 2.75) is 82.5 Å². The third-order valence-electron chi connectivity index (χ3n) is 5.91. The van der Waals surface area contributed by atoms with Crippen LogP contribution in [0.1, 0.15) is 58.8 Å². The Bertz CT molecular complexity index is 541. The van der Waals surface area contributed by atoms with E-state index in [2.05, 4.69) is 0 Å². The Morgan fingerprint density at radius 3 is 2.62 bits per heavy atom. The van der Waals surface area contributed by atoms with Gasteiger partial charge in [0.25, 0.3) is 0 Å². The van der Waals surface area contributed by atoms with Gasteiger partial charge >= 0.3 is 5.97 Å². The summed E-state index contributed by atoms with van der Waals surface area (Å²) in [5, 5.41) is 20.8. The van der Waals surface area contributed by atoms with E-state index >= 15 is 0 Å². The number of hydrogen-bond donors (Lipinski definition) is 2. The van der Waals surface area contributed by atoms with Crippen LogP contribution in [0, 0.1) is 17.8 Å². The van der Waals surface area contributed by atoms with Gasteiger partial charge in [-0.15, -0.1) is 11.6 Å². The van der Waals surface area contributed by atoms with E-state index in [1.54, 1.807) is 13.8 Å². The Labute approximate surface area is 180 Å². The van der Waals surface area contributed by atoms with Gasteiger partial charge in [0.15, 0.2) is 0 Å². The van der Waals surface area contributed by atoms with Crippen molar-refractivity contribution < 1.29 is 24.5 Å². The normalized spacial score (nSPS) is 29.9. The van der Waals surface area contributed by atoms with Crippen LogP contribution >= 0.6 is 11.6 Å². The van der Waals surface area contributed by atoms with Crippen molar-refractivity contribution in [1.29, 1.82) is 0 Å². The summed E-state index contributed by atoms with van der Waals surface area (Å²) in [7, 11) is 0. The van der Waals surface area contributed by atoms with Gasteiger partial charge in [0, 0.05) is 11.3 Å². The molecule has 5 nitrogen and oxygen atoms in total. The molecule has 0 unspecified atom stereocenters. The van der Waals surface area contributed by atoms with Gasteiger partial charge in [0.05, 0.1) is 24.9 Å². The zero-order valence-corrected chi connectivity index (χ0v) is 18.5. The quantitative estimate of drug-likeness (QED) is 0.238. The average Bonchev–Trinajstić information content (AvgIpc) is 2.95. The van der Waals surface area contributed by atoms with Crippen molar-refractivity contribution in [3.63, 3.8) is 0 Å². The van der Waals surface area contributed by atoms with E-state index in [1.807, 2.05) is 24.3 Å². The first kappa shape index (κ1) is 24.4. The van der Waals surface area contributed by atoms with Crippen LogP contribution in [-0.4, -0.2) is 53.1 Å². The van der Waals surface area contributed by atoms with Gasteiger partial charge in [0.1, 0.15) is 6.61 Å². The Hall–Kier alpha value is -0.880. The molecule has 0 aliphatic heterocycles. The predicted octanol–water partition coefficient (Wildman–Crippen LogP) is 4.00. The monoisotopic (exact) mass is 428 g/mol. The van der Waals surface area contributed by atoms with Gasteiger partial charge in [-0.05, 0) is 51.4 Å². The maximum Gasteiger partial charge on any atom is 0.332 e. The van der Waals surface area contributed by atoms with Gasteiger partial charge < -0.3 is 19.7 Å². The molecule has 0 spiro atoms. The number of aliphatic hydroxyl groups excluding tert-OH is 2. The maximum absolute atomic E-state index is 11.4. The lowest BCUT2D eigenvalue weighted by atomic mass is 9.84. The fraction of sp³-hybridized carbons (Fsp3) is 0.783. The Morgan fingerprint density at radius 1 is 1.21 bits per heavy atom. The lowest BCUT2D eigenvalue weighted by molar-refractivity contribution is -0.152. The van der Waals surface area contributed by atoms with E-state index in [4.69, 9.17) is 21.1 Å². The molecule has 0 radical (unpaired) electrons. The van der Waals surface area contributed by atoms with Crippen LogP contribution in [-0.2, 0) is 14.3 Å². The number of alkyl halides is 1. The SMILES string of the molecule is CC(C)OC(=O)COC/C=C\C[C@@H]1[C@@H](/C=C/[C@@H](O)C2CCCCC2)[C@H](O)C[C@H]1Cl. The van der Waals surface area contributed by atoms with Gasteiger partial charge in [0.2, 0.25) is 0 Å². The molecule has 0 saturated heterocycles. The number of ether oxygens (including phenoxy) is 2. The summed E-state index contributed by atoms with van der Waals surface area (Å²) in [5.41, 5.74) is 0. The zero-order valence-electron chi connectivity index (χ0n) is 17.7. The number of allylic oxidation sites excluding steroid dienone is 1. The Morgan fingerprint density at radius 2 is 1.93 bits per heavy atom. The number of esters is 1. The third kappa shape index (κ3) is 8.41. The summed E-state index contributed by atoms with van der Waals surface area (Å²) < 4.78 is 10.3. The molecule has 6 heteroatoms. The lowest BCUT2D eigenvalue weighted by Crippen LogP contribution is -2.23. The first-order valence-corrected chi connectivity index (χ1v) is 11.4. The Balaban J connectivity index is 1.78. The van der Waals surface area contributed by atoms with Crippen molar-refractivity contribution in [2.75, 3.05) is 13.2 Å². The molecule has 29 heavy (non-hydrogen) atoms. The highest BCUT2D eigenvalue weighted by atomic mass is 35.5. The molecule has 166 valence electrons. The van der Waals surface area contributed by atoms with E-state index in [1.165, 1.54) is 19.3 Å². The average molecular weight is 429 g/mol. The fourth-order valence-electron chi connectivity index (χ4n) is 4.37. The van der Waals surface area contributed by atoms with Crippen LogP contribution in [0.4, 0.5) is 0 Å². The van der Waals surface area contributed by atoms with Gasteiger partial charge in [-0.1, -0.05) is 43.6 Å². The Kier molecular flexibility index (Phi) is 10.7. The molecule has 0 aromatic heterocycles. The van der Waals surface area contributed by atoms with Gasteiger partial charge in [-0.3, -0.25) is 0 Å². The number of carbonyl (C=O) groups excluding carboxylic acids is 1.